The smallest absolute Gasteiger partial charge is 0.458 e. The minimum atomic E-state index is -1.11. The maximum absolute atomic E-state index is 12.6. The van der Waals surface area contributed by atoms with Crippen LogP contribution in [0.25, 0.3) is 0 Å². The van der Waals surface area contributed by atoms with Crippen LogP contribution in [-0.4, -0.2) is 60.5 Å². The van der Waals surface area contributed by atoms with Gasteiger partial charge in [-0.2, -0.15) is 0 Å². The molecule has 0 aliphatic heterocycles. The molecular weight excluding hydrogens is 538 g/mol. The summed E-state index contributed by atoms with van der Waals surface area (Å²) in [7, 11) is 0. The van der Waals surface area contributed by atoms with E-state index < -0.39 is 53.9 Å². The van der Waals surface area contributed by atoms with E-state index in [9.17, 15) is 19.2 Å². The Balaban J connectivity index is 3.02. The molecule has 3 atom stereocenters. The molecule has 1 aromatic carbocycles. The second kappa shape index (κ2) is 16.0. The summed E-state index contributed by atoms with van der Waals surface area (Å²) in [5.41, 5.74) is 4.98. The van der Waals surface area contributed by atoms with Crippen LogP contribution < -0.4 is 15.2 Å². The lowest BCUT2D eigenvalue weighted by Gasteiger charge is -2.24. The summed E-state index contributed by atoms with van der Waals surface area (Å²) in [4.78, 5) is 49.2. The monoisotopic (exact) mass is 583 g/mol. The highest BCUT2D eigenvalue weighted by Crippen LogP contribution is 2.31. The Morgan fingerprint density at radius 2 is 1.29 bits per heavy atom. The van der Waals surface area contributed by atoms with Gasteiger partial charge in [-0.1, -0.05) is 26.8 Å². The van der Waals surface area contributed by atoms with Crippen molar-refractivity contribution in [1.82, 2.24) is 0 Å². The Bertz CT molecular complexity index is 1040. The predicted octanol–water partition coefficient (Wildman–Crippen LogP) is 5.85. The standard InChI is InChI=1S/C29H45NO11/c1-10-15-35-25(32)37-19(5)18(4)36-24(31)21(30)16-20-13-14-22(38-26(33)40-28(6,7)11-2)23(17-20)39-27(34)41-29(8,9)12-3/h13-14,17-19,21H,10-12,15-16,30H2,1-9H3/t18-,19-,21-/m0/s1. The van der Waals surface area contributed by atoms with Crippen LogP contribution >= 0.6 is 0 Å². The normalized spacial score (nSPS) is 13.7. The van der Waals surface area contributed by atoms with E-state index in [2.05, 4.69) is 0 Å². The number of carbonyl (C=O) groups excluding carboxylic acids is 4. The van der Waals surface area contributed by atoms with E-state index in [1.54, 1.807) is 47.6 Å². The molecule has 0 saturated carbocycles. The van der Waals surface area contributed by atoms with Gasteiger partial charge < -0.3 is 38.9 Å². The molecule has 232 valence electrons. The third-order valence-corrected chi connectivity index (χ3v) is 6.24. The maximum Gasteiger partial charge on any atom is 0.514 e. The molecule has 1 rings (SSSR count). The quantitative estimate of drug-likeness (QED) is 0.158. The van der Waals surface area contributed by atoms with Crippen LogP contribution in [0, 0.1) is 0 Å². The van der Waals surface area contributed by atoms with E-state index in [4.69, 9.17) is 38.9 Å². The highest BCUT2D eigenvalue weighted by Gasteiger charge is 2.28. The first kappa shape index (κ1) is 35.5. The van der Waals surface area contributed by atoms with Gasteiger partial charge in [0.2, 0.25) is 0 Å². The molecule has 0 aliphatic rings. The average molecular weight is 584 g/mol. The summed E-state index contributed by atoms with van der Waals surface area (Å²) in [6.45, 7) is 15.8. The number of benzene rings is 1. The van der Waals surface area contributed by atoms with Crippen LogP contribution in [-0.2, 0) is 34.9 Å². The van der Waals surface area contributed by atoms with E-state index in [1.807, 2.05) is 20.8 Å². The summed E-state index contributed by atoms with van der Waals surface area (Å²) in [5.74, 6) is -0.970. The third-order valence-electron chi connectivity index (χ3n) is 6.24. The first-order valence-electron chi connectivity index (χ1n) is 13.8. The number of rotatable bonds is 14. The lowest BCUT2D eigenvalue weighted by Crippen LogP contribution is -2.39. The summed E-state index contributed by atoms with van der Waals surface area (Å²) in [6.07, 6.45) is -2.72. The van der Waals surface area contributed by atoms with E-state index in [0.717, 1.165) is 0 Å². The lowest BCUT2D eigenvalue weighted by molar-refractivity contribution is -0.155. The molecule has 1 aromatic rings. The van der Waals surface area contributed by atoms with Crippen molar-refractivity contribution in [3.8, 4) is 11.5 Å². The summed E-state index contributed by atoms with van der Waals surface area (Å²) in [6, 6.07) is 3.23. The maximum atomic E-state index is 12.6. The predicted molar refractivity (Wildman–Crippen MR) is 149 cm³/mol. The number of hydrogen-bond acceptors (Lipinski definition) is 12. The van der Waals surface area contributed by atoms with Crippen molar-refractivity contribution in [2.75, 3.05) is 6.61 Å². The van der Waals surface area contributed by atoms with Crippen molar-refractivity contribution < 1.29 is 52.3 Å². The van der Waals surface area contributed by atoms with Gasteiger partial charge in [-0.15, -0.1) is 0 Å². The second-order valence-electron chi connectivity index (χ2n) is 10.8. The Kier molecular flexibility index (Phi) is 13.9. The van der Waals surface area contributed by atoms with Crippen LogP contribution in [0.4, 0.5) is 14.4 Å². The number of esters is 1. The SMILES string of the molecule is CCCOC(=O)O[C@@H](C)[C@H](C)OC(=O)[C@@H](N)Cc1ccc(OC(=O)OC(C)(C)CC)c(OC(=O)OC(C)(C)CC)c1. The Hall–Kier alpha value is -3.54. The minimum absolute atomic E-state index is 0.0151. The molecule has 0 amide bonds. The molecular formula is C29H45NO11. The molecule has 0 aromatic heterocycles. The molecule has 41 heavy (non-hydrogen) atoms. The van der Waals surface area contributed by atoms with E-state index in [0.29, 0.717) is 24.8 Å². The van der Waals surface area contributed by atoms with Crippen molar-refractivity contribution in [2.24, 2.45) is 5.73 Å². The highest BCUT2D eigenvalue weighted by atomic mass is 16.8. The highest BCUT2D eigenvalue weighted by molar-refractivity contribution is 5.76. The Morgan fingerprint density at radius 1 is 0.780 bits per heavy atom. The van der Waals surface area contributed by atoms with Crippen molar-refractivity contribution in [3.05, 3.63) is 23.8 Å². The van der Waals surface area contributed by atoms with Gasteiger partial charge in [0, 0.05) is 0 Å². The third kappa shape index (κ3) is 13.1. The van der Waals surface area contributed by atoms with Gasteiger partial charge in [-0.05, 0) is 84.9 Å². The van der Waals surface area contributed by atoms with E-state index in [1.165, 1.54) is 12.1 Å². The zero-order chi connectivity index (χ0) is 31.4. The molecule has 0 spiro atoms. The molecule has 0 radical (unpaired) electrons. The largest absolute Gasteiger partial charge is 0.514 e. The fourth-order valence-corrected chi connectivity index (χ4v) is 2.83. The van der Waals surface area contributed by atoms with Gasteiger partial charge >= 0.3 is 24.4 Å². The van der Waals surface area contributed by atoms with Crippen molar-refractivity contribution >= 4 is 24.4 Å². The first-order chi connectivity index (χ1) is 19.0. The lowest BCUT2D eigenvalue weighted by atomic mass is 10.1. The van der Waals surface area contributed by atoms with E-state index >= 15 is 0 Å². The molecule has 0 bridgehead atoms. The zero-order valence-corrected chi connectivity index (χ0v) is 25.6. The molecule has 0 unspecified atom stereocenters. The van der Waals surface area contributed by atoms with Crippen molar-refractivity contribution in [2.45, 2.75) is 117 Å². The number of nitrogens with two attached hydrogens (primary N) is 1. The fourth-order valence-electron chi connectivity index (χ4n) is 2.83. The summed E-state index contributed by atoms with van der Waals surface area (Å²) in [5, 5.41) is 0. The van der Waals surface area contributed by atoms with Crippen molar-refractivity contribution in [1.29, 1.82) is 0 Å². The van der Waals surface area contributed by atoms with Crippen LogP contribution in [0.5, 0.6) is 11.5 Å². The average Bonchev–Trinajstić information content (AvgIpc) is 2.88. The number of hydrogen-bond donors (Lipinski definition) is 1. The van der Waals surface area contributed by atoms with Crippen LogP contribution in [0.1, 0.15) is 87.1 Å². The minimum Gasteiger partial charge on any atom is -0.458 e. The fraction of sp³-hybridized carbons (Fsp3) is 0.655. The van der Waals surface area contributed by atoms with Gasteiger partial charge in [0.05, 0.1) is 6.61 Å². The number of ether oxygens (including phenoxy) is 7. The van der Waals surface area contributed by atoms with Crippen molar-refractivity contribution in [3.63, 3.8) is 0 Å². The molecule has 2 N–H and O–H groups in total. The molecule has 12 nitrogen and oxygen atoms in total. The zero-order valence-electron chi connectivity index (χ0n) is 25.6. The van der Waals surface area contributed by atoms with Gasteiger partial charge in [-0.25, -0.2) is 14.4 Å². The summed E-state index contributed by atoms with van der Waals surface area (Å²) < 4.78 is 36.7. The molecule has 0 heterocycles. The van der Waals surface area contributed by atoms with Gasteiger partial charge in [-0.3, -0.25) is 4.79 Å². The molecule has 0 aliphatic carbocycles. The van der Waals surface area contributed by atoms with Gasteiger partial charge in [0.1, 0.15) is 29.5 Å². The van der Waals surface area contributed by atoms with Crippen LogP contribution in [0.3, 0.4) is 0 Å². The van der Waals surface area contributed by atoms with Crippen LogP contribution in [0.15, 0.2) is 18.2 Å². The Morgan fingerprint density at radius 3 is 1.80 bits per heavy atom. The van der Waals surface area contributed by atoms with Gasteiger partial charge in [0.25, 0.3) is 0 Å². The summed E-state index contributed by atoms with van der Waals surface area (Å²) >= 11 is 0. The Labute approximate surface area is 242 Å². The molecule has 12 heteroatoms. The molecule has 0 saturated heterocycles. The topological polar surface area (TPSA) is 159 Å². The number of carbonyl (C=O) groups is 4. The van der Waals surface area contributed by atoms with Crippen LogP contribution in [0.2, 0.25) is 0 Å². The van der Waals surface area contributed by atoms with E-state index in [-0.39, 0.29) is 24.5 Å². The molecule has 0 fully saturated rings. The second-order valence-corrected chi connectivity index (χ2v) is 10.8. The first-order valence-corrected chi connectivity index (χ1v) is 13.8. The van der Waals surface area contributed by atoms with Gasteiger partial charge in [0.15, 0.2) is 11.5 Å².